The summed E-state index contributed by atoms with van der Waals surface area (Å²) in [4.78, 5) is 18.0. The predicted molar refractivity (Wildman–Crippen MR) is 32.4 cm³/mol. The van der Waals surface area contributed by atoms with Crippen LogP contribution in [-0.2, 0) is 9.59 Å². The van der Waals surface area contributed by atoms with Crippen LogP contribution in [0.3, 0.4) is 0 Å². The molecular weight excluding hydrogens is 139 g/mol. The molecule has 0 fully saturated rings. The molecule has 0 radical (unpaired) electrons. The average molecular weight is 147 g/mol. The molecule has 4 nitrogen and oxygen atoms in total. The van der Waals surface area contributed by atoms with Crippen LogP contribution in [0.25, 0.3) is 0 Å². The first-order chi connectivity index (χ1) is 3.46. The van der Waals surface area contributed by atoms with Crippen LogP contribution in [0.1, 0.15) is 13.8 Å². The van der Waals surface area contributed by atoms with Gasteiger partial charge in [0.15, 0.2) is 0 Å². The quantitative estimate of drug-likeness (QED) is 0.465. The minimum absolute atomic E-state index is 0. The summed E-state index contributed by atoms with van der Waals surface area (Å²) < 4.78 is 0. The minimum Gasteiger partial charge on any atom is -0.481 e. The van der Waals surface area contributed by atoms with E-state index in [2.05, 4.69) is 0 Å². The molecule has 0 aliphatic carbocycles. The molecule has 0 heterocycles. The molecule has 0 aliphatic heterocycles. The van der Waals surface area contributed by atoms with Crippen molar-refractivity contribution in [1.82, 2.24) is 0 Å². The Hall–Kier alpha value is -0.528. The fourth-order valence-electron chi connectivity index (χ4n) is 0. The van der Waals surface area contributed by atoms with Gasteiger partial charge in [-0.3, -0.25) is 9.59 Å². The number of rotatable bonds is 0. The summed E-state index contributed by atoms with van der Waals surface area (Å²) in [5.74, 6) is -1.67. The van der Waals surface area contributed by atoms with Gasteiger partial charge in [-0.05, 0) is 0 Å². The normalized spacial score (nSPS) is 5.56. The number of carbonyl (C=O) groups is 2. The number of aliphatic carboxylic acids is 2. The van der Waals surface area contributed by atoms with Crippen LogP contribution >= 0.6 is 0 Å². The van der Waals surface area contributed by atoms with E-state index >= 15 is 0 Å². The van der Waals surface area contributed by atoms with Gasteiger partial charge in [0.25, 0.3) is 11.9 Å². The molecule has 0 unspecified atom stereocenters. The van der Waals surface area contributed by atoms with Crippen molar-refractivity contribution in [2.45, 2.75) is 13.8 Å². The third-order valence-corrected chi connectivity index (χ3v) is 0. The number of hydrogen-bond donors (Lipinski definition) is 2. The molecule has 0 bridgehead atoms. The number of carboxylic acid groups (broad SMARTS) is 2. The molecule has 0 amide bonds. The maximum atomic E-state index is 9.00. The zero-order chi connectivity index (χ0) is 7.15. The Balaban J connectivity index is -0.0000000720. The molecule has 0 spiro atoms. The molecule has 0 aromatic carbocycles. The van der Waals surface area contributed by atoms with E-state index in [-0.39, 0.29) is 17.4 Å². The second kappa shape index (κ2) is 10.5. The van der Waals surface area contributed by atoms with E-state index < -0.39 is 11.9 Å². The van der Waals surface area contributed by atoms with E-state index in [1.165, 1.54) is 0 Å². The Kier molecular flexibility index (Phi) is 18.3. The molecule has 0 atom stereocenters. The first-order valence-electron chi connectivity index (χ1n) is 1.86. The summed E-state index contributed by atoms with van der Waals surface area (Å²) in [6.07, 6.45) is 0. The third-order valence-electron chi connectivity index (χ3n) is 0. The Morgan fingerprint density at radius 2 is 1.00 bits per heavy atom. The van der Waals surface area contributed by atoms with Crippen molar-refractivity contribution in [1.29, 1.82) is 0 Å². The molecular formula is C4H8AlO4+3. The van der Waals surface area contributed by atoms with Gasteiger partial charge in [0.1, 0.15) is 0 Å². The summed E-state index contributed by atoms with van der Waals surface area (Å²) in [7, 11) is 0. The van der Waals surface area contributed by atoms with Gasteiger partial charge >= 0.3 is 17.4 Å². The molecule has 2 N–H and O–H groups in total. The second-order valence-electron chi connectivity index (χ2n) is 1.04. The average Bonchev–Trinajstić information content (AvgIpc) is 1.25. The smallest absolute Gasteiger partial charge is 0.481 e. The Morgan fingerprint density at radius 1 is 1.00 bits per heavy atom. The van der Waals surface area contributed by atoms with E-state index in [0.29, 0.717) is 0 Å². The molecule has 0 aromatic rings. The van der Waals surface area contributed by atoms with Gasteiger partial charge in [-0.15, -0.1) is 0 Å². The van der Waals surface area contributed by atoms with Crippen LogP contribution in [0.4, 0.5) is 0 Å². The van der Waals surface area contributed by atoms with E-state index in [9.17, 15) is 0 Å². The van der Waals surface area contributed by atoms with E-state index in [1.807, 2.05) is 0 Å². The van der Waals surface area contributed by atoms with Crippen molar-refractivity contribution >= 4 is 29.3 Å². The van der Waals surface area contributed by atoms with Gasteiger partial charge in [-0.1, -0.05) is 0 Å². The van der Waals surface area contributed by atoms with Gasteiger partial charge in [0.05, 0.1) is 0 Å². The van der Waals surface area contributed by atoms with Crippen LogP contribution in [-0.4, -0.2) is 39.5 Å². The minimum atomic E-state index is -0.833. The van der Waals surface area contributed by atoms with Crippen molar-refractivity contribution in [3.63, 3.8) is 0 Å². The van der Waals surface area contributed by atoms with Gasteiger partial charge in [0.2, 0.25) is 0 Å². The maximum absolute atomic E-state index is 9.00. The van der Waals surface area contributed by atoms with Gasteiger partial charge in [-0.2, -0.15) is 0 Å². The molecule has 48 valence electrons. The topological polar surface area (TPSA) is 74.6 Å². The first kappa shape index (κ1) is 15.8. The molecule has 0 rings (SSSR count). The Labute approximate surface area is 63.6 Å². The molecule has 0 saturated carbocycles. The van der Waals surface area contributed by atoms with E-state index in [1.54, 1.807) is 0 Å². The summed E-state index contributed by atoms with van der Waals surface area (Å²) in [5.41, 5.74) is 0. The molecule has 0 aromatic heterocycles. The predicted octanol–water partition coefficient (Wildman–Crippen LogP) is -0.199. The van der Waals surface area contributed by atoms with E-state index in [4.69, 9.17) is 19.8 Å². The monoisotopic (exact) mass is 147 g/mol. The SMILES string of the molecule is CC(=O)O.CC(=O)O.[Al+3]. The zero-order valence-corrected chi connectivity index (χ0v) is 6.44. The van der Waals surface area contributed by atoms with Crippen LogP contribution in [0.15, 0.2) is 0 Å². The van der Waals surface area contributed by atoms with Crippen molar-refractivity contribution in [3.8, 4) is 0 Å². The summed E-state index contributed by atoms with van der Waals surface area (Å²) in [6.45, 7) is 2.17. The van der Waals surface area contributed by atoms with Crippen LogP contribution in [0, 0.1) is 0 Å². The van der Waals surface area contributed by atoms with Crippen molar-refractivity contribution in [2.75, 3.05) is 0 Å². The maximum Gasteiger partial charge on any atom is 3.00 e. The molecule has 0 aliphatic rings. The molecule has 0 saturated heterocycles. The fourth-order valence-corrected chi connectivity index (χ4v) is 0. The summed E-state index contributed by atoms with van der Waals surface area (Å²) >= 11 is 0. The standard InChI is InChI=1S/2C2H4O2.Al/c2*1-2(3)4;/h2*1H3,(H,3,4);/q;;+3. The fraction of sp³-hybridized carbons (Fsp3) is 0.500. The van der Waals surface area contributed by atoms with Crippen molar-refractivity contribution in [3.05, 3.63) is 0 Å². The second-order valence-corrected chi connectivity index (χ2v) is 1.04. The molecule has 9 heavy (non-hydrogen) atoms. The Morgan fingerprint density at radius 3 is 1.00 bits per heavy atom. The molecule has 5 heteroatoms. The third kappa shape index (κ3) is 804. The largest absolute Gasteiger partial charge is 3.00 e. The van der Waals surface area contributed by atoms with Gasteiger partial charge in [0, 0.05) is 13.8 Å². The number of carboxylic acids is 2. The van der Waals surface area contributed by atoms with E-state index in [0.717, 1.165) is 13.8 Å². The van der Waals surface area contributed by atoms with Crippen molar-refractivity contribution < 1.29 is 19.8 Å². The first-order valence-corrected chi connectivity index (χ1v) is 1.86. The Bertz CT molecular complexity index is 70.6. The summed E-state index contributed by atoms with van der Waals surface area (Å²) in [5, 5.41) is 14.8. The van der Waals surface area contributed by atoms with Crippen LogP contribution in [0.2, 0.25) is 0 Å². The van der Waals surface area contributed by atoms with Crippen LogP contribution in [0.5, 0.6) is 0 Å². The van der Waals surface area contributed by atoms with Crippen molar-refractivity contribution in [2.24, 2.45) is 0 Å². The summed E-state index contributed by atoms with van der Waals surface area (Å²) in [6, 6.07) is 0. The zero-order valence-electron chi connectivity index (χ0n) is 5.29. The van der Waals surface area contributed by atoms with Gasteiger partial charge in [-0.25, -0.2) is 0 Å². The van der Waals surface area contributed by atoms with Crippen LogP contribution < -0.4 is 0 Å². The van der Waals surface area contributed by atoms with Gasteiger partial charge < -0.3 is 10.2 Å². The number of hydrogen-bond acceptors (Lipinski definition) is 2.